The van der Waals surface area contributed by atoms with Crippen LogP contribution in [0.3, 0.4) is 0 Å². The molecule has 0 radical (unpaired) electrons. The third kappa shape index (κ3) is 4.01. The maximum Gasteiger partial charge on any atom is 0.137 e. The fourth-order valence-electron chi connectivity index (χ4n) is 2.69. The van der Waals surface area contributed by atoms with Gasteiger partial charge >= 0.3 is 0 Å². The smallest absolute Gasteiger partial charge is 0.137 e. The van der Waals surface area contributed by atoms with Gasteiger partial charge in [0.25, 0.3) is 0 Å². The highest BCUT2D eigenvalue weighted by atomic mass is 35.5. The lowest BCUT2D eigenvalue weighted by molar-refractivity contribution is 0.472. The molecule has 0 saturated heterocycles. The monoisotopic (exact) mass is 313 g/mol. The van der Waals surface area contributed by atoms with Crippen LogP contribution in [0, 0.1) is 6.92 Å². The zero-order valence-corrected chi connectivity index (χ0v) is 14.2. The summed E-state index contributed by atoms with van der Waals surface area (Å²) in [6.07, 6.45) is 9.20. The van der Waals surface area contributed by atoms with Gasteiger partial charge in [0.15, 0.2) is 0 Å². The molecular formula is C15H24ClN3S. The van der Waals surface area contributed by atoms with Crippen LogP contribution in [0.15, 0.2) is 0 Å². The predicted octanol–water partition coefficient (Wildman–Crippen LogP) is 4.48. The molecule has 2 unspecified atom stereocenters. The third-order valence-electron chi connectivity index (χ3n) is 3.91. The summed E-state index contributed by atoms with van der Waals surface area (Å²) >= 11 is 8.21. The Morgan fingerprint density at radius 3 is 2.85 bits per heavy atom. The standard InChI is InChI=1S/C15H24ClN3S/c1-4-6-13-18-14(16)10(2)15(19-13)17-11-7-5-8-12(9-11)20-3/h11-12H,4-9H2,1-3H3,(H,17,18,19). The van der Waals surface area contributed by atoms with Crippen LogP contribution in [0.25, 0.3) is 0 Å². The third-order valence-corrected chi connectivity index (χ3v) is 5.37. The molecular weight excluding hydrogens is 290 g/mol. The quantitative estimate of drug-likeness (QED) is 0.813. The highest BCUT2D eigenvalue weighted by Crippen LogP contribution is 2.30. The van der Waals surface area contributed by atoms with Gasteiger partial charge in [0.05, 0.1) is 0 Å². The van der Waals surface area contributed by atoms with Gasteiger partial charge in [-0.2, -0.15) is 11.8 Å². The minimum atomic E-state index is 0.514. The van der Waals surface area contributed by atoms with Gasteiger partial charge in [-0.3, -0.25) is 0 Å². The van der Waals surface area contributed by atoms with E-state index in [-0.39, 0.29) is 0 Å². The van der Waals surface area contributed by atoms with Gasteiger partial charge in [-0.05, 0) is 38.9 Å². The Bertz CT molecular complexity index is 453. The van der Waals surface area contributed by atoms with Crippen molar-refractivity contribution in [1.29, 1.82) is 0 Å². The zero-order valence-electron chi connectivity index (χ0n) is 12.6. The van der Waals surface area contributed by atoms with E-state index in [0.29, 0.717) is 11.2 Å². The first-order valence-electron chi connectivity index (χ1n) is 7.46. The second-order valence-electron chi connectivity index (χ2n) is 5.52. The first kappa shape index (κ1) is 15.9. The second-order valence-corrected chi connectivity index (χ2v) is 7.02. The predicted molar refractivity (Wildman–Crippen MR) is 89.0 cm³/mol. The van der Waals surface area contributed by atoms with E-state index in [2.05, 4.69) is 28.5 Å². The summed E-state index contributed by atoms with van der Waals surface area (Å²) in [6.45, 7) is 4.13. The van der Waals surface area contributed by atoms with Gasteiger partial charge in [0.2, 0.25) is 0 Å². The van der Waals surface area contributed by atoms with Crippen LogP contribution < -0.4 is 5.32 Å². The Kier molecular flexibility index (Phi) is 5.97. The number of hydrogen-bond donors (Lipinski definition) is 1. The normalized spacial score (nSPS) is 22.8. The molecule has 0 aromatic carbocycles. The first-order valence-corrected chi connectivity index (χ1v) is 9.13. The molecule has 1 aromatic rings. The molecule has 1 aliphatic rings. The van der Waals surface area contributed by atoms with Crippen molar-refractivity contribution >= 4 is 29.2 Å². The molecule has 1 N–H and O–H groups in total. The van der Waals surface area contributed by atoms with Gasteiger partial charge in [-0.1, -0.05) is 24.9 Å². The number of nitrogens with zero attached hydrogens (tertiary/aromatic N) is 2. The van der Waals surface area contributed by atoms with E-state index >= 15 is 0 Å². The summed E-state index contributed by atoms with van der Waals surface area (Å²) in [5, 5.41) is 4.96. The molecule has 1 fully saturated rings. The maximum absolute atomic E-state index is 6.23. The molecule has 0 amide bonds. The highest BCUT2D eigenvalue weighted by Gasteiger charge is 2.22. The molecule has 1 aromatic heterocycles. The number of nitrogens with one attached hydrogen (secondary N) is 1. The van der Waals surface area contributed by atoms with E-state index in [4.69, 9.17) is 11.6 Å². The van der Waals surface area contributed by atoms with Gasteiger partial charge < -0.3 is 5.32 Å². The number of thioether (sulfide) groups is 1. The molecule has 0 bridgehead atoms. The summed E-state index contributed by atoms with van der Waals surface area (Å²) in [6, 6.07) is 0.514. The zero-order chi connectivity index (χ0) is 14.5. The van der Waals surface area contributed by atoms with E-state index in [9.17, 15) is 0 Å². The largest absolute Gasteiger partial charge is 0.367 e. The molecule has 112 valence electrons. The minimum absolute atomic E-state index is 0.514. The Balaban J connectivity index is 2.11. The Labute approximate surface area is 131 Å². The van der Waals surface area contributed by atoms with E-state index in [1.54, 1.807) is 0 Å². The molecule has 2 atom stereocenters. The number of rotatable bonds is 5. The van der Waals surface area contributed by atoms with Crippen LogP contribution in [0.5, 0.6) is 0 Å². The molecule has 1 saturated carbocycles. The maximum atomic E-state index is 6.23. The number of hydrogen-bond acceptors (Lipinski definition) is 4. The van der Waals surface area contributed by atoms with Crippen LogP contribution in [0.2, 0.25) is 5.15 Å². The van der Waals surface area contributed by atoms with Crippen molar-refractivity contribution < 1.29 is 0 Å². The minimum Gasteiger partial charge on any atom is -0.367 e. The van der Waals surface area contributed by atoms with Crippen molar-refractivity contribution in [2.24, 2.45) is 0 Å². The number of anilines is 1. The van der Waals surface area contributed by atoms with E-state index in [1.807, 2.05) is 18.7 Å². The Morgan fingerprint density at radius 2 is 2.15 bits per heavy atom. The van der Waals surface area contributed by atoms with Gasteiger partial charge in [0, 0.05) is 23.3 Å². The van der Waals surface area contributed by atoms with Crippen LogP contribution in [0.1, 0.15) is 50.4 Å². The average molecular weight is 314 g/mol. The molecule has 1 heterocycles. The van der Waals surface area contributed by atoms with Gasteiger partial charge in [0.1, 0.15) is 16.8 Å². The fourth-order valence-corrected chi connectivity index (χ4v) is 3.71. The molecule has 0 spiro atoms. The van der Waals surface area contributed by atoms with Crippen molar-refractivity contribution in [2.45, 2.75) is 63.7 Å². The van der Waals surface area contributed by atoms with Crippen LogP contribution in [0.4, 0.5) is 5.82 Å². The highest BCUT2D eigenvalue weighted by molar-refractivity contribution is 7.99. The Hall–Kier alpha value is -0.480. The first-order chi connectivity index (χ1) is 9.63. The molecule has 1 aliphatic carbocycles. The van der Waals surface area contributed by atoms with E-state index in [0.717, 1.165) is 35.3 Å². The number of aryl methyl sites for hydroxylation is 1. The fraction of sp³-hybridized carbons (Fsp3) is 0.733. The van der Waals surface area contributed by atoms with Crippen molar-refractivity contribution in [3.8, 4) is 0 Å². The Morgan fingerprint density at radius 1 is 1.35 bits per heavy atom. The van der Waals surface area contributed by atoms with E-state index < -0.39 is 0 Å². The summed E-state index contributed by atoms with van der Waals surface area (Å²) in [5.74, 6) is 1.78. The summed E-state index contributed by atoms with van der Waals surface area (Å²) < 4.78 is 0. The topological polar surface area (TPSA) is 37.8 Å². The average Bonchev–Trinajstić information content (AvgIpc) is 2.45. The van der Waals surface area contributed by atoms with Crippen LogP contribution in [-0.2, 0) is 6.42 Å². The van der Waals surface area contributed by atoms with Crippen molar-refractivity contribution in [1.82, 2.24) is 9.97 Å². The van der Waals surface area contributed by atoms with Crippen molar-refractivity contribution in [3.05, 3.63) is 16.5 Å². The van der Waals surface area contributed by atoms with Crippen LogP contribution >= 0.6 is 23.4 Å². The van der Waals surface area contributed by atoms with Gasteiger partial charge in [-0.25, -0.2) is 9.97 Å². The summed E-state index contributed by atoms with van der Waals surface area (Å²) in [7, 11) is 0. The lowest BCUT2D eigenvalue weighted by Crippen LogP contribution is -2.29. The summed E-state index contributed by atoms with van der Waals surface area (Å²) in [5.41, 5.74) is 0.970. The van der Waals surface area contributed by atoms with E-state index in [1.165, 1.54) is 25.7 Å². The van der Waals surface area contributed by atoms with Crippen molar-refractivity contribution in [2.75, 3.05) is 11.6 Å². The second kappa shape index (κ2) is 7.51. The number of aromatic nitrogens is 2. The molecule has 20 heavy (non-hydrogen) atoms. The lowest BCUT2D eigenvalue weighted by atomic mass is 9.95. The number of halogens is 1. The van der Waals surface area contributed by atoms with Crippen LogP contribution in [-0.4, -0.2) is 27.5 Å². The molecule has 2 rings (SSSR count). The molecule has 5 heteroatoms. The van der Waals surface area contributed by atoms with Gasteiger partial charge in [-0.15, -0.1) is 0 Å². The SMILES string of the molecule is CCCc1nc(Cl)c(C)c(NC2CCCC(SC)C2)n1. The lowest BCUT2D eigenvalue weighted by Gasteiger charge is -2.29. The molecule has 0 aliphatic heterocycles. The van der Waals surface area contributed by atoms with Crippen molar-refractivity contribution in [3.63, 3.8) is 0 Å². The molecule has 3 nitrogen and oxygen atoms in total. The summed E-state index contributed by atoms with van der Waals surface area (Å²) in [4.78, 5) is 9.01.